The normalized spacial score (nSPS) is 8.00. The van der Waals surface area contributed by atoms with Crippen LogP contribution in [-0.2, 0) is 0 Å². The summed E-state index contributed by atoms with van der Waals surface area (Å²) in [6.07, 6.45) is 1.49. The zero-order valence-corrected chi connectivity index (χ0v) is 4.93. The molecule has 0 radical (unpaired) electrons. The van der Waals surface area contributed by atoms with Crippen LogP contribution in [0.4, 0.5) is 0 Å². The van der Waals surface area contributed by atoms with Crippen LogP contribution in [-0.4, -0.2) is 28.8 Å². The van der Waals surface area contributed by atoms with E-state index >= 15 is 0 Å². The van der Waals surface area contributed by atoms with E-state index in [0.29, 0.717) is 4.64 Å². The molecule has 0 aliphatic rings. The van der Waals surface area contributed by atoms with Crippen molar-refractivity contribution in [3.05, 3.63) is 29.0 Å². The van der Waals surface area contributed by atoms with Crippen molar-refractivity contribution in [1.29, 1.82) is 0 Å². The molecule has 0 unspecified atom stereocenters. The minimum atomic E-state index is 0. The van der Waals surface area contributed by atoms with Crippen molar-refractivity contribution in [2.75, 3.05) is 0 Å². The molecule has 0 aliphatic heterocycles. The van der Waals surface area contributed by atoms with Gasteiger partial charge in [-0.15, -0.1) is 0 Å². The predicted molar refractivity (Wildman–Crippen MR) is 39.6 cm³/mol. The number of aromatic nitrogens is 1. The molecular weight excluding hydrogens is 129 g/mol. The van der Waals surface area contributed by atoms with Gasteiger partial charge in [0.15, 0.2) is 0 Å². The van der Waals surface area contributed by atoms with Gasteiger partial charge in [0.1, 0.15) is 4.64 Å². The molecule has 4 heteroatoms. The number of hydrogen-bond acceptors (Lipinski definition) is 2. The van der Waals surface area contributed by atoms with Gasteiger partial charge in [-0.3, -0.25) is 0 Å². The van der Waals surface area contributed by atoms with E-state index in [1.807, 2.05) is 0 Å². The first-order valence-corrected chi connectivity index (χ1v) is 2.58. The number of pyridine rings is 1. The first-order valence-electron chi connectivity index (χ1n) is 2.17. The van der Waals surface area contributed by atoms with E-state index in [-0.39, 0.29) is 18.9 Å². The van der Waals surface area contributed by atoms with Crippen molar-refractivity contribution in [1.82, 2.24) is 4.73 Å². The third-order valence-electron chi connectivity index (χ3n) is 0.803. The van der Waals surface area contributed by atoms with E-state index in [4.69, 9.17) is 5.21 Å². The van der Waals surface area contributed by atoms with E-state index in [2.05, 4.69) is 12.2 Å². The molecule has 1 aromatic rings. The summed E-state index contributed by atoms with van der Waals surface area (Å²) in [5.74, 6) is 0. The summed E-state index contributed by atoms with van der Waals surface area (Å²) in [7, 11) is 0. The Morgan fingerprint density at radius 3 is 2.44 bits per heavy atom. The van der Waals surface area contributed by atoms with Crippen molar-refractivity contribution in [2.45, 2.75) is 0 Å². The Morgan fingerprint density at radius 1 is 1.44 bits per heavy atom. The molecule has 2 nitrogen and oxygen atoms in total. The van der Waals surface area contributed by atoms with Crippen LogP contribution in [0.25, 0.3) is 0 Å². The van der Waals surface area contributed by atoms with Gasteiger partial charge in [-0.1, -0.05) is 18.3 Å². The fourth-order valence-electron chi connectivity index (χ4n) is 0.419. The number of nitrogens with zero attached hydrogens (tertiary/aromatic N) is 1. The van der Waals surface area contributed by atoms with Gasteiger partial charge in [-0.2, -0.15) is 4.73 Å². The Kier molecular flexibility index (Phi) is 3.63. The average molecular weight is 135 g/mol. The summed E-state index contributed by atoms with van der Waals surface area (Å²) < 4.78 is 1.32. The summed E-state index contributed by atoms with van der Waals surface area (Å²) in [6, 6.07) is 5.13. The molecule has 9 heavy (non-hydrogen) atoms. The Morgan fingerprint density at radius 2 is 2.11 bits per heavy atom. The topological polar surface area (TPSA) is 25.2 Å². The van der Waals surface area contributed by atoms with Crippen LogP contribution in [0.15, 0.2) is 24.4 Å². The van der Waals surface area contributed by atoms with Crippen LogP contribution < -0.4 is 0 Å². The van der Waals surface area contributed by atoms with Crippen LogP contribution in [0.2, 0.25) is 0 Å². The molecule has 1 rings (SSSR count). The van der Waals surface area contributed by atoms with Gasteiger partial charge in [0.2, 0.25) is 0 Å². The van der Waals surface area contributed by atoms with Crippen LogP contribution in [0, 0.1) is 4.64 Å². The first-order chi connectivity index (χ1) is 3.80. The van der Waals surface area contributed by atoms with Crippen molar-refractivity contribution < 1.29 is 5.21 Å². The third kappa shape index (κ3) is 2.23. The monoisotopic (exact) mass is 135 g/mol. The fourth-order valence-corrected chi connectivity index (χ4v) is 0.558. The Balaban J connectivity index is 0.000000640. The molecule has 0 atom stereocenters. The van der Waals surface area contributed by atoms with Gasteiger partial charge in [0.25, 0.3) is 0 Å². The quantitative estimate of drug-likeness (QED) is 0.323. The van der Waals surface area contributed by atoms with E-state index in [1.54, 1.807) is 18.2 Å². The second kappa shape index (κ2) is 3.73. The van der Waals surface area contributed by atoms with E-state index < -0.39 is 0 Å². The Bertz CT molecular complexity index is 234. The molecule has 0 spiro atoms. The molecule has 0 saturated heterocycles. The molecule has 1 N–H and O–H groups in total. The molecule has 1 heterocycles. The van der Waals surface area contributed by atoms with Crippen LogP contribution in [0.5, 0.6) is 0 Å². The van der Waals surface area contributed by atoms with Crippen LogP contribution in [0.1, 0.15) is 0 Å². The van der Waals surface area contributed by atoms with Crippen molar-refractivity contribution in [3.8, 4) is 0 Å². The summed E-state index contributed by atoms with van der Waals surface area (Å²) in [5, 5.41) is 8.73. The van der Waals surface area contributed by atoms with Crippen molar-refractivity contribution in [2.24, 2.45) is 0 Å². The Hall–Kier alpha value is -0.233. The summed E-state index contributed by atoms with van der Waals surface area (Å²) in [4.78, 5) is 0. The predicted octanol–water partition coefficient (Wildman–Crippen LogP) is 0.806. The summed E-state index contributed by atoms with van der Waals surface area (Å²) >= 11 is 4.67. The maximum atomic E-state index is 8.73. The molecule has 0 fully saturated rings. The van der Waals surface area contributed by atoms with Gasteiger partial charge >= 0.3 is 18.9 Å². The van der Waals surface area contributed by atoms with Gasteiger partial charge in [0.05, 0.1) is 0 Å². The molecule has 0 saturated carbocycles. The second-order valence-corrected chi connectivity index (χ2v) is 1.80. The number of rotatable bonds is 0. The molecule has 0 amide bonds. The first kappa shape index (κ1) is 8.77. The Labute approximate surface area is 70.3 Å². The number of hydrogen-bond donors (Lipinski definition) is 1. The third-order valence-corrected chi connectivity index (χ3v) is 1.13. The van der Waals surface area contributed by atoms with Gasteiger partial charge in [0, 0.05) is 6.20 Å². The van der Waals surface area contributed by atoms with Gasteiger partial charge in [-0.05, 0) is 12.1 Å². The standard InChI is InChI=1S/C5H5NOS.Li.H/c7-6-4-2-1-3-5(6)8;;/h1-4,7H;;. The van der Waals surface area contributed by atoms with E-state index in [0.717, 1.165) is 4.73 Å². The summed E-state index contributed by atoms with van der Waals surface area (Å²) in [5.41, 5.74) is 0. The van der Waals surface area contributed by atoms with E-state index in [9.17, 15) is 0 Å². The van der Waals surface area contributed by atoms with Gasteiger partial charge < -0.3 is 5.21 Å². The van der Waals surface area contributed by atoms with Gasteiger partial charge in [-0.25, -0.2) is 0 Å². The van der Waals surface area contributed by atoms with Crippen molar-refractivity contribution >= 4 is 31.1 Å². The summed E-state index contributed by atoms with van der Waals surface area (Å²) in [6.45, 7) is 0. The van der Waals surface area contributed by atoms with Crippen LogP contribution in [0.3, 0.4) is 0 Å². The van der Waals surface area contributed by atoms with E-state index in [1.165, 1.54) is 6.20 Å². The minimum absolute atomic E-state index is 0. The average Bonchev–Trinajstić information content (AvgIpc) is 1.77. The zero-order chi connectivity index (χ0) is 5.98. The molecule has 44 valence electrons. The van der Waals surface area contributed by atoms with Crippen LogP contribution >= 0.6 is 12.2 Å². The SMILES string of the molecule is On1ccccc1=S.[LiH]. The molecule has 1 aromatic heterocycles. The molecule has 0 bridgehead atoms. The van der Waals surface area contributed by atoms with Crippen molar-refractivity contribution in [3.63, 3.8) is 0 Å². The molecule has 0 aromatic carbocycles. The molecule has 0 aliphatic carbocycles. The molecular formula is C5H6LiNOS. The maximum absolute atomic E-state index is 8.73. The fraction of sp³-hybridized carbons (Fsp3) is 0. The second-order valence-electron chi connectivity index (χ2n) is 1.38. The zero-order valence-electron chi connectivity index (χ0n) is 4.11.